The van der Waals surface area contributed by atoms with Crippen molar-refractivity contribution in [1.82, 2.24) is 10.2 Å². The number of carbonyl (C=O) groups excluding carboxylic acids is 2. The van der Waals surface area contributed by atoms with Gasteiger partial charge in [-0.05, 0) is 12.3 Å². The van der Waals surface area contributed by atoms with Crippen molar-refractivity contribution in [3.05, 3.63) is 0 Å². The van der Waals surface area contributed by atoms with Gasteiger partial charge in [0.2, 0.25) is 11.8 Å². The van der Waals surface area contributed by atoms with Gasteiger partial charge < -0.3 is 15.3 Å². The largest absolute Gasteiger partial charge is 0.406 e. The number of hydrogen-bond donors (Lipinski definition) is 2. The summed E-state index contributed by atoms with van der Waals surface area (Å²) in [4.78, 5) is 23.9. The summed E-state index contributed by atoms with van der Waals surface area (Å²) in [7, 11) is 0. The summed E-state index contributed by atoms with van der Waals surface area (Å²) in [5.41, 5.74) is 0. The Hall–Kier alpha value is -1.31. The molecule has 2 N–H and O–H groups in total. The molecule has 1 aliphatic heterocycles. The number of rotatable bonds is 6. The molecule has 116 valence electrons. The van der Waals surface area contributed by atoms with E-state index in [1.165, 1.54) is 0 Å². The summed E-state index contributed by atoms with van der Waals surface area (Å²) in [6, 6.07) is 0. The molecular weight excluding hydrogens is 277 g/mol. The van der Waals surface area contributed by atoms with Crippen LogP contribution in [0.25, 0.3) is 0 Å². The van der Waals surface area contributed by atoms with Crippen molar-refractivity contribution >= 4 is 11.8 Å². The smallest absolute Gasteiger partial charge is 0.396 e. The van der Waals surface area contributed by atoms with Gasteiger partial charge in [-0.1, -0.05) is 6.92 Å². The second-order valence-corrected chi connectivity index (χ2v) is 5.15. The number of alkyl halides is 3. The maximum atomic E-state index is 12.2. The molecule has 1 fully saturated rings. The van der Waals surface area contributed by atoms with Crippen molar-refractivity contribution in [2.75, 3.05) is 26.2 Å². The summed E-state index contributed by atoms with van der Waals surface area (Å²) in [6.07, 6.45) is -4.10. The highest BCUT2D eigenvalue weighted by molar-refractivity contribution is 5.89. The average molecular weight is 296 g/mol. The first-order valence-corrected chi connectivity index (χ1v) is 6.46. The van der Waals surface area contributed by atoms with Crippen LogP contribution in [-0.4, -0.2) is 54.2 Å². The Morgan fingerprint density at radius 2 is 2.20 bits per heavy atom. The van der Waals surface area contributed by atoms with Crippen molar-refractivity contribution in [2.45, 2.75) is 25.9 Å². The molecule has 0 aromatic rings. The lowest BCUT2D eigenvalue weighted by atomic mass is 10.1. The molecule has 2 unspecified atom stereocenters. The number of likely N-dealkylation sites (tertiary alicyclic amines) is 1. The second-order valence-electron chi connectivity index (χ2n) is 5.15. The molecule has 1 aliphatic rings. The highest BCUT2D eigenvalue weighted by atomic mass is 19.4. The van der Waals surface area contributed by atoms with Gasteiger partial charge in [-0.3, -0.25) is 9.59 Å². The molecule has 0 aromatic carbocycles. The Labute approximate surface area is 115 Å². The minimum absolute atomic E-state index is 0.0122. The van der Waals surface area contributed by atoms with E-state index in [4.69, 9.17) is 5.11 Å². The maximum absolute atomic E-state index is 12.2. The van der Waals surface area contributed by atoms with Gasteiger partial charge in [0, 0.05) is 26.1 Å². The van der Waals surface area contributed by atoms with E-state index in [0.29, 0.717) is 17.9 Å². The number of carbonyl (C=O) groups is 2. The van der Waals surface area contributed by atoms with Crippen LogP contribution in [0.2, 0.25) is 0 Å². The lowest BCUT2D eigenvalue weighted by Gasteiger charge is -2.18. The van der Waals surface area contributed by atoms with Gasteiger partial charge in [0.1, 0.15) is 6.54 Å². The molecule has 20 heavy (non-hydrogen) atoms. The van der Waals surface area contributed by atoms with Gasteiger partial charge in [0.05, 0.1) is 5.92 Å². The number of amides is 2. The second kappa shape index (κ2) is 6.92. The molecule has 0 spiro atoms. The molecule has 1 saturated heterocycles. The van der Waals surface area contributed by atoms with E-state index in [1.54, 1.807) is 0 Å². The predicted molar refractivity (Wildman–Crippen MR) is 64.6 cm³/mol. The van der Waals surface area contributed by atoms with E-state index in [0.717, 1.165) is 0 Å². The number of halogens is 3. The summed E-state index contributed by atoms with van der Waals surface area (Å²) in [5.74, 6) is -1.71. The first-order valence-electron chi connectivity index (χ1n) is 6.46. The molecule has 0 aliphatic carbocycles. The molecule has 0 aromatic heterocycles. The zero-order valence-corrected chi connectivity index (χ0v) is 11.2. The fourth-order valence-corrected chi connectivity index (χ4v) is 2.06. The van der Waals surface area contributed by atoms with Crippen LogP contribution in [0.4, 0.5) is 13.2 Å². The average Bonchev–Trinajstić information content (AvgIpc) is 2.66. The number of aliphatic hydroxyl groups is 1. The van der Waals surface area contributed by atoms with Gasteiger partial charge in [-0.2, -0.15) is 13.2 Å². The van der Waals surface area contributed by atoms with E-state index in [1.807, 2.05) is 6.92 Å². The van der Waals surface area contributed by atoms with Gasteiger partial charge in [-0.15, -0.1) is 0 Å². The first-order chi connectivity index (χ1) is 9.23. The van der Waals surface area contributed by atoms with Crippen LogP contribution in [0.5, 0.6) is 0 Å². The van der Waals surface area contributed by atoms with E-state index in [2.05, 4.69) is 5.32 Å². The van der Waals surface area contributed by atoms with Crippen molar-refractivity contribution in [3.63, 3.8) is 0 Å². The van der Waals surface area contributed by atoms with Gasteiger partial charge >= 0.3 is 6.18 Å². The van der Waals surface area contributed by atoms with Crippen LogP contribution in [0.15, 0.2) is 0 Å². The van der Waals surface area contributed by atoms with Crippen LogP contribution in [-0.2, 0) is 9.59 Å². The highest BCUT2D eigenvalue weighted by Crippen LogP contribution is 2.23. The fourth-order valence-electron chi connectivity index (χ4n) is 2.06. The lowest BCUT2D eigenvalue weighted by molar-refractivity contribution is -0.157. The number of nitrogens with one attached hydrogen (secondary N) is 1. The van der Waals surface area contributed by atoms with E-state index in [-0.39, 0.29) is 25.5 Å². The Kier molecular flexibility index (Phi) is 5.79. The Morgan fingerprint density at radius 3 is 2.75 bits per heavy atom. The summed E-state index contributed by atoms with van der Waals surface area (Å²) >= 11 is 0. The zero-order valence-electron chi connectivity index (χ0n) is 11.2. The minimum Gasteiger partial charge on any atom is -0.396 e. The molecule has 0 bridgehead atoms. The topological polar surface area (TPSA) is 69.6 Å². The van der Waals surface area contributed by atoms with Gasteiger partial charge in [0.15, 0.2) is 0 Å². The van der Waals surface area contributed by atoms with Crippen LogP contribution in [0.1, 0.15) is 19.8 Å². The van der Waals surface area contributed by atoms with Crippen molar-refractivity contribution in [3.8, 4) is 0 Å². The minimum atomic E-state index is -4.45. The standard InChI is InChI=1S/C12H19F3N2O3/c1-8(2-3-18)5-16-11(20)9-4-10(19)17(6-9)7-12(13,14)15/h8-9,18H,2-7H2,1H3,(H,16,20). The number of nitrogens with zero attached hydrogens (tertiary/aromatic N) is 1. The Balaban J connectivity index is 2.42. The molecule has 2 amide bonds. The summed E-state index contributed by atoms with van der Waals surface area (Å²) < 4.78 is 36.7. The van der Waals surface area contributed by atoms with Gasteiger partial charge in [0.25, 0.3) is 0 Å². The summed E-state index contributed by atoms with van der Waals surface area (Å²) in [5, 5.41) is 11.3. The SMILES string of the molecule is CC(CCO)CNC(=O)C1CC(=O)N(CC(F)(F)F)C1. The van der Waals surface area contributed by atoms with Crippen molar-refractivity contribution in [1.29, 1.82) is 0 Å². The Morgan fingerprint density at radius 1 is 1.55 bits per heavy atom. The molecule has 1 heterocycles. The molecular formula is C12H19F3N2O3. The number of aliphatic hydroxyl groups excluding tert-OH is 1. The van der Waals surface area contributed by atoms with Crippen molar-refractivity contribution in [2.24, 2.45) is 11.8 Å². The van der Waals surface area contributed by atoms with Crippen LogP contribution < -0.4 is 5.32 Å². The van der Waals surface area contributed by atoms with Crippen molar-refractivity contribution < 1.29 is 27.9 Å². The van der Waals surface area contributed by atoms with Gasteiger partial charge in [-0.25, -0.2) is 0 Å². The normalized spacial score (nSPS) is 21.1. The zero-order chi connectivity index (χ0) is 15.3. The maximum Gasteiger partial charge on any atom is 0.406 e. The summed E-state index contributed by atoms with van der Waals surface area (Å²) in [6.45, 7) is 0.684. The molecule has 8 heteroatoms. The van der Waals surface area contributed by atoms with E-state index in [9.17, 15) is 22.8 Å². The Bertz CT molecular complexity index is 360. The van der Waals surface area contributed by atoms with Crippen LogP contribution in [0, 0.1) is 11.8 Å². The third-order valence-electron chi connectivity index (χ3n) is 3.20. The lowest BCUT2D eigenvalue weighted by Crippen LogP contribution is -2.38. The third kappa shape index (κ3) is 5.36. The fraction of sp³-hybridized carbons (Fsp3) is 0.833. The van der Waals surface area contributed by atoms with E-state index >= 15 is 0 Å². The molecule has 2 atom stereocenters. The first kappa shape index (κ1) is 16.7. The van der Waals surface area contributed by atoms with E-state index < -0.39 is 30.5 Å². The molecule has 0 saturated carbocycles. The third-order valence-corrected chi connectivity index (χ3v) is 3.20. The molecule has 1 rings (SSSR count). The predicted octanol–water partition coefficient (Wildman–Crippen LogP) is 0.532. The van der Waals surface area contributed by atoms with Crippen LogP contribution >= 0.6 is 0 Å². The highest BCUT2D eigenvalue weighted by Gasteiger charge is 2.40. The van der Waals surface area contributed by atoms with Crippen LogP contribution in [0.3, 0.4) is 0 Å². The number of hydrogen-bond acceptors (Lipinski definition) is 3. The molecule has 0 radical (unpaired) electrons. The monoisotopic (exact) mass is 296 g/mol. The molecule has 5 nitrogen and oxygen atoms in total. The quantitative estimate of drug-likeness (QED) is 0.751.